The number of benzene rings is 4. The topological polar surface area (TPSA) is 158 Å². The van der Waals surface area contributed by atoms with Gasteiger partial charge in [-0.1, -0.05) is 94.2 Å². The second-order valence-electron chi connectivity index (χ2n) is 17.6. The van der Waals surface area contributed by atoms with E-state index in [0.717, 1.165) is 35.1 Å². The maximum atomic E-state index is 12.8. The van der Waals surface area contributed by atoms with Gasteiger partial charge in [-0.15, -0.1) is 0 Å². The zero-order valence-electron chi connectivity index (χ0n) is 34.2. The molecule has 1 aliphatic rings. The van der Waals surface area contributed by atoms with Gasteiger partial charge >= 0.3 is 23.9 Å². The van der Waals surface area contributed by atoms with Crippen molar-refractivity contribution >= 4 is 23.9 Å². The molecule has 1 aliphatic heterocycles. The Morgan fingerprint density at radius 3 is 1.09 bits per heavy atom. The summed E-state index contributed by atoms with van der Waals surface area (Å²) in [5, 5.41) is 41.7. The van der Waals surface area contributed by atoms with Crippen LogP contribution in [0.2, 0.25) is 0 Å². The van der Waals surface area contributed by atoms with Crippen LogP contribution in [0.1, 0.15) is 170 Å². The van der Waals surface area contributed by atoms with Crippen molar-refractivity contribution < 1.29 is 44.3 Å². The van der Waals surface area contributed by atoms with Gasteiger partial charge in [0.15, 0.2) is 0 Å². The van der Waals surface area contributed by atoms with Crippen molar-refractivity contribution in [1.82, 2.24) is 0 Å². The smallest absolute Gasteiger partial charge is 0.336 e. The fraction of sp³-hybridized carbons (Fsp3) is 0.404. The summed E-state index contributed by atoms with van der Waals surface area (Å²) < 4.78 is 7.02. The first kappa shape index (κ1) is 41.7. The van der Waals surface area contributed by atoms with Crippen LogP contribution >= 0.6 is 0 Å². The van der Waals surface area contributed by atoms with E-state index in [2.05, 4.69) is 67.5 Å². The van der Waals surface area contributed by atoms with Gasteiger partial charge in [-0.05, 0) is 106 Å². The van der Waals surface area contributed by atoms with Crippen LogP contribution in [0.5, 0.6) is 11.5 Å². The molecule has 4 aromatic carbocycles. The summed E-state index contributed by atoms with van der Waals surface area (Å²) in [4.78, 5) is 51.1. The fourth-order valence-electron chi connectivity index (χ4n) is 7.61. The van der Waals surface area contributed by atoms with Gasteiger partial charge in [-0.2, -0.15) is 0 Å². The van der Waals surface area contributed by atoms with Crippen LogP contribution in [-0.2, 0) is 29.1 Å². The summed E-state index contributed by atoms with van der Waals surface area (Å²) in [7, 11) is 0. The monoisotopic (exact) mass is 762 g/mol. The average Bonchev–Trinajstić information content (AvgIpc) is 3.10. The lowest BCUT2D eigenvalue weighted by molar-refractivity contribution is 0.0673. The largest absolute Gasteiger partial charge is 0.478 e. The second kappa shape index (κ2) is 15.2. The van der Waals surface area contributed by atoms with Gasteiger partial charge < -0.3 is 25.2 Å². The molecule has 0 fully saturated rings. The number of hydrogen-bond donors (Lipinski definition) is 4. The Kier molecular flexibility index (Phi) is 11.4. The summed E-state index contributed by atoms with van der Waals surface area (Å²) in [5.74, 6) is -4.09. The third-order valence-corrected chi connectivity index (χ3v) is 11.1. The van der Waals surface area contributed by atoms with Crippen LogP contribution in [0.15, 0.2) is 48.5 Å². The van der Waals surface area contributed by atoms with Crippen molar-refractivity contribution in [3.05, 3.63) is 104 Å². The highest BCUT2D eigenvalue weighted by Crippen LogP contribution is 2.56. The molecule has 4 N–H and O–H groups in total. The molecular weight excluding hydrogens is 709 g/mol. The first-order valence-electron chi connectivity index (χ1n) is 19.4. The average molecular weight is 763 g/mol. The van der Waals surface area contributed by atoms with E-state index in [1.54, 1.807) is 0 Å². The van der Waals surface area contributed by atoms with E-state index in [1.165, 1.54) is 24.3 Å². The van der Waals surface area contributed by atoms with Crippen molar-refractivity contribution in [3.8, 4) is 33.8 Å². The fourth-order valence-corrected chi connectivity index (χ4v) is 7.61. The third kappa shape index (κ3) is 7.81. The molecule has 56 heavy (non-hydrogen) atoms. The zero-order valence-corrected chi connectivity index (χ0v) is 34.2. The molecule has 4 aromatic rings. The molecule has 296 valence electrons. The maximum absolute atomic E-state index is 12.8. The molecule has 0 saturated carbocycles. The minimum absolute atomic E-state index is 0.0835. The molecule has 1 heterocycles. The van der Waals surface area contributed by atoms with Crippen LogP contribution in [0.4, 0.5) is 0 Å². The number of rotatable bonds is 12. The Balaban J connectivity index is 1.92. The Hall–Kier alpha value is -5.44. The number of carbonyl (C=O) groups is 4. The minimum Gasteiger partial charge on any atom is -0.478 e. The lowest BCUT2D eigenvalue weighted by Gasteiger charge is -2.39. The van der Waals surface area contributed by atoms with E-state index in [9.17, 15) is 39.6 Å². The molecule has 0 radical (unpaired) electrons. The summed E-state index contributed by atoms with van der Waals surface area (Å²) in [6, 6.07) is 14.2. The van der Waals surface area contributed by atoms with Crippen LogP contribution in [0.3, 0.4) is 0 Å². The van der Waals surface area contributed by atoms with Gasteiger partial charge in [0.25, 0.3) is 0 Å². The van der Waals surface area contributed by atoms with Gasteiger partial charge in [-0.3, -0.25) is 0 Å². The predicted molar refractivity (Wildman–Crippen MR) is 218 cm³/mol. The first-order valence-corrected chi connectivity index (χ1v) is 19.4. The Morgan fingerprint density at radius 1 is 0.536 bits per heavy atom. The first-order chi connectivity index (χ1) is 26.0. The number of aromatic carboxylic acids is 4. The normalized spacial score (nSPS) is 13.4. The number of carboxylic acids is 4. The highest BCUT2D eigenvalue weighted by Gasteiger charge is 2.40. The highest BCUT2D eigenvalue weighted by molar-refractivity contribution is 6.01. The summed E-state index contributed by atoms with van der Waals surface area (Å²) >= 11 is 0. The molecule has 0 amide bonds. The Bertz CT molecular complexity index is 2030. The number of unbranched alkanes of at least 4 members (excludes halogenated alkanes) is 2. The van der Waals surface area contributed by atoms with Crippen molar-refractivity contribution in [3.63, 3.8) is 0 Å². The Labute approximate surface area is 329 Å². The van der Waals surface area contributed by atoms with Gasteiger partial charge in [0, 0.05) is 27.7 Å². The van der Waals surface area contributed by atoms with Crippen LogP contribution in [-0.4, -0.2) is 44.3 Å². The van der Waals surface area contributed by atoms with Crippen molar-refractivity contribution in [1.29, 1.82) is 0 Å². The zero-order chi connectivity index (χ0) is 41.7. The van der Waals surface area contributed by atoms with E-state index in [4.69, 9.17) is 4.74 Å². The molecule has 5 rings (SSSR count). The predicted octanol–water partition coefficient (Wildman–Crippen LogP) is 11.5. The molecule has 0 bridgehead atoms. The van der Waals surface area contributed by atoms with Crippen LogP contribution in [0, 0.1) is 0 Å². The summed E-state index contributed by atoms with van der Waals surface area (Å²) in [6.07, 6.45) is 3.34. The summed E-state index contributed by atoms with van der Waals surface area (Å²) in [5.41, 5.74) is 3.95. The van der Waals surface area contributed by atoms with E-state index in [-0.39, 0.29) is 44.2 Å². The van der Waals surface area contributed by atoms with E-state index >= 15 is 0 Å². The number of fused-ring (bicyclic) bond motifs is 2. The SMILES string of the molecule is CCCCc1c(C(=O)O)cc(-c2cc(C(C)(C)C)cc3c2Oc2c(-c4cc(C(=O)O)c(CCCC)c(C(=O)O)c4)cc(C(C)(C)C)cc2C3(C)C)cc1C(=O)O. The molecule has 0 aliphatic carbocycles. The minimum atomic E-state index is -1.23. The molecule has 9 heteroatoms. The molecule has 0 spiro atoms. The van der Waals surface area contributed by atoms with Gasteiger partial charge in [0.2, 0.25) is 0 Å². The second-order valence-corrected chi connectivity index (χ2v) is 17.6. The molecule has 0 saturated heterocycles. The third-order valence-electron chi connectivity index (χ3n) is 11.1. The molecular formula is C47H54O9. The summed E-state index contributed by atoms with van der Waals surface area (Å²) in [6.45, 7) is 20.5. The van der Waals surface area contributed by atoms with Crippen molar-refractivity contribution in [2.45, 2.75) is 124 Å². The maximum Gasteiger partial charge on any atom is 0.336 e. The standard InChI is InChI=1S/C47H54O9/c1-11-13-15-29-33(41(48)49)17-25(18-34(29)42(50)51)31-21-27(45(3,4)5)23-37-39(31)56-40-32(22-28(46(6,7)8)24-38(40)47(37,9)10)26-19-35(43(52)53)30(16-14-12-2)36(20-26)44(54)55/h17-24H,11-16H2,1-10H3,(H,48,49)(H,50,51)(H,52,53)(H,54,55). The molecule has 0 aromatic heterocycles. The molecule has 0 unspecified atom stereocenters. The van der Waals surface area contributed by atoms with E-state index in [1.807, 2.05) is 26.0 Å². The lowest BCUT2D eigenvalue weighted by atomic mass is 9.70. The number of hydrogen-bond acceptors (Lipinski definition) is 5. The lowest BCUT2D eigenvalue weighted by Crippen LogP contribution is -2.27. The van der Waals surface area contributed by atoms with E-state index in [0.29, 0.717) is 59.4 Å². The van der Waals surface area contributed by atoms with Gasteiger partial charge in [0.1, 0.15) is 11.5 Å². The van der Waals surface area contributed by atoms with Crippen LogP contribution < -0.4 is 4.74 Å². The quantitative estimate of drug-likeness (QED) is 0.110. The highest BCUT2D eigenvalue weighted by atomic mass is 16.5. The van der Waals surface area contributed by atoms with Gasteiger partial charge in [0.05, 0.1) is 22.3 Å². The number of ether oxygens (including phenoxy) is 1. The molecule has 0 atom stereocenters. The van der Waals surface area contributed by atoms with Crippen molar-refractivity contribution in [2.24, 2.45) is 0 Å². The van der Waals surface area contributed by atoms with E-state index < -0.39 is 29.3 Å². The van der Waals surface area contributed by atoms with Crippen molar-refractivity contribution in [2.75, 3.05) is 0 Å². The van der Waals surface area contributed by atoms with Crippen LogP contribution in [0.25, 0.3) is 22.3 Å². The number of carboxylic acid groups (broad SMARTS) is 4. The van der Waals surface area contributed by atoms with Gasteiger partial charge in [-0.25, -0.2) is 19.2 Å². The Morgan fingerprint density at radius 2 is 0.839 bits per heavy atom. The molecule has 9 nitrogen and oxygen atoms in total.